The minimum Gasteiger partial charge on any atom is -0.228 e. The fraction of sp³-hybridized carbons (Fsp3) is 0. The Hall–Kier alpha value is -6.94. The van der Waals surface area contributed by atoms with Gasteiger partial charge in [-0.3, -0.25) is 0 Å². The monoisotopic (exact) mass is 716 g/mol. The van der Waals surface area contributed by atoms with Gasteiger partial charge in [-0.1, -0.05) is 170 Å². The Morgan fingerprint density at radius 3 is 1.76 bits per heavy atom. The van der Waals surface area contributed by atoms with E-state index in [9.17, 15) is 0 Å². The van der Waals surface area contributed by atoms with Crippen LogP contribution >= 0.6 is 11.3 Å². The summed E-state index contributed by atoms with van der Waals surface area (Å²) in [5.74, 6) is 0.698. The van der Waals surface area contributed by atoms with Crippen molar-refractivity contribution in [1.29, 1.82) is 0 Å². The molecule has 0 aliphatic heterocycles. The van der Waals surface area contributed by atoms with Crippen molar-refractivity contribution < 1.29 is 0 Å². The molecule has 0 amide bonds. The second-order valence-electron chi connectivity index (χ2n) is 14.1. The Morgan fingerprint density at radius 1 is 0.309 bits per heavy atom. The first-order chi connectivity index (χ1) is 27.2. The van der Waals surface area contributed by atoms with Crippen LogP contribution in [0.3, 0.4) is 0 Å². The molecule has 0 saturated carbocycles. The van der Waals surface area contributed by atoms with Gasteiger partial charge in [-0.05, 0) is 78.8 Å². The summed E-state index contributed by atoms with van der Waals surface area (Å²) in [6, 6.07) is 69.8. The second kappa shape index (κ2) is 12.9. The lowest BCUT2D eigenvalue weighted by atomic mass is 9.91. The molecule has 0 N–H and O–H groups in total. The van der Waals surface area contributed by atoms with E-state index in [0.717, 1.165) is 39.2 Å². The topological polar surface area (TPSA) is 25.8 Å². The maximum Gasteiger partial charge on any atom is 0.160 e. The van der Waals surface area contributed by atoms with E-state index in [1.165, 1.54) is 63.6 Å². The van der Waals surface area contributed by atoms with Gasteiger partial charge in [0.2, 0.25) is 0 Å². The van der Waals surface area contributed by atoms with Gasteiger partial charge in [-0.25, -0.2) is 9.97 Å². The van der Waals surface area contributed by atoms with Crippen LogP contribution in [0.5, 0.6) is 0 Å². The molecule has 9 aromatic carbocycles. The Morgan fingerprint density at radius 2 is 0.909 bits per heavy atom. The standard InChI is InChI=1S/C52H32N2S/c1-2-12-33(13-3-1)34-22-24-36(25-23-34)52-53-47(42-19-9-8-17-40(42)38-27-28-44-43-20-10-11-21-49(43)55-50(44)31-38)32-48(54-52)51-41-18-7-5-15-37(41)30-46-39-16-6-4-14-35(39)26-29-45(46)51/h1-32H. The third-order valence-corrected chi connectivity index (χ3v) is 12.0. The Balaban J connectivity index is 1.16. The Labute approximate surface area is 322 Å². The number of nitrogens with zero attached hydrogens (tertiary/aromatic N) is 2. The number of benzene rings is 9. The van der Waals surface area contributed by atoms with Gasteiger partial charge >= 0.3 is 0 Å². The largest absolute Gasteiger partial charge is 0.228 e. The number of rotatable bonds is 5. The molecule has 256 valence electrons. The molecular formula is C52H32N2S. The lowest BCUT2D eigenvalue weighted by molar-refractivity contribution is 1.19. The van der Waals surface area contributed by atoms with Crippen molar-refractivity contribution in [2.45, 2.75) is 0 Å². The molecule has 11 rings (SSSR count). The van der Waals surface area contributed by atoms with Crippen LogP contribution in [-0.4, -0.2) is 9.97 Å². The first-order valence-electron chi connectivity index (χ1n) is 18.6. The fourth-order valence-corrected chi connectivity index (χ4v) is 9.38. The van der Waals surface area contributed by atoms with Crippen LogP contribution in [0.4, 0.5) is 0 Å². The van der Waals surface area contributed by atoms with E-state index in [0.29, 0.717) is 5.82 Å². The van der Waals surface area contributed by atoms with Crippen LogP contribution < -0.4 is 0 Å². The van der Waals surface area contributed by atoms with Crippen molar-refractivity contribution in [3.8, 4) is 56.2 Å². The van der Waals surface area contributed by atoms with E-state index >= 15 is 0 Å². The number of aromatic nitrogens is 2. The van der Waals surface area contributed by atoms with E-state index in [-0.39, 0.29) is 0 Å². The van der Waals surface area contributed by atoms with Crippen LogP contribution in [0.1, 0.15) is 0 Å². The van der Waals surface area contributed by atoms with Gasteiger partial charge in [0, 0.05) is 36.9 Å². The van der Waals surface area contributed by atoms with Crippen molar-refractivity contribution in [1.82, 2.24) is 9.97 Å². The minimum absolute atomic E-state index is 0.698. The van der Waals surface area contributed by atoms with Gasteiger partial charge < -0.3 is 0 Å². The van der Waals surface area contributed by atoms with Crippen LogP contribution in [0, 0.1) is 0 Å². The van der Waals surface area contributed by atoms with Crippen LogP contribution in [0.15, 0.2) is 194 Å². The predicted molar refractivity (Wildman–Crippen MR) is 235 cm³/mol. The molecule has 0 bridgehead atoms. The van der Waals surface area contributed by atoms with Gasteiger partial charge in [0.15, 0.2) is 5.82 Å². The van der Waals surface area contributed by atoms with Gasteiger partial charge in [-0.2, -0.15) is 0 Å². The van der Waals surface area contributed by atoms with Crippen molar-refractivity contribution in [3.63, 3.8) is 0 Å². The summed E-state index contributed by atoms with van der Waals surface area (Å²) in [5, 5.41) is 9.82. The smallest absolute Gasteiger partial charge is 0.160 e. The second-order valence-corrected chi connectivity index (χ2v) is 15.2. The molecule has 0 unspecified atom stereocenters. The molecule has 2 aromatic heterocycles. The summed E-state index contributed by atoms with van der Waals surface area (Å²) < 4.78 is 2.59. The summed E-state index contributed by atoms with van der Waals surface area (Å²) in [4.78, 5) is 10.8. The molecule has 0 fully saturated rings. The summed E-state index contributed by atoms with van der Waals surface area (Å²) >= 11 is 1.85. The average Bonchev–Trinajstić information content (AvgIpc) is 3.64. The number of hydrogen-bond acceptors (Lipinski definition) is 3. The normalized spacial score (nSPS) is 11.6. The number of fused-ring (bicyclic) bond motifs is 7. The first kappa shape index (κ1) is 31.6. The molecule has 2 nitrogen and oxygen atoms in total. The summed E-state index contributed by atoms with van der Waals surface area (Å²) in [6.07, 6.45) is 0. The maximum atomic E-state index is 5.44. The summed E-state index contributed by atoms with van der Waals surface area (Å²) in [5.41, 5.74) is 9.62. The number of hydrogen-bond donors (Lipinski definition) is 0. The van der Waals surface area contributed by atoms with E-state index in [1.54, 1.807) is 0 Å². The lowest BCUT2D eigenvalue weighted by Crippen LogP contribution is -1.98. The minimum atomic E-state index is 0.698. The highest BCUT2D eigenvalue weighted by Gasteiger charge is 2.19. The zero-order valence-corrected chi connectivity index (χ0v) is 30.6. The third kappa shape index (κ3) is 5.40. The Bertz CT molecular complexity index is 3250. The molecular weight excluding hydrogens is 685 g/mol. The predicted octanol–water partition coefficient (Wildman–Crippen LogP) is 14.6. The Kier molecular flexibility index (Phi) is 7.39. The molecule has 2 heterocycles. The highest BCUT2D eigenvalue weighted by molar-refractivity contribution is 7.25. The van der Waals surface area contributed by atoms with Crippen LogP contribution in [-0.2, 0) is 0 Å². The summed E-state index contributed by atoms with van der Waals surface area (Å²) in [6.45, 7) is 0. The molecule has 0 aliphatic rings. The molecule has 0 spiro atoms. The first-order valence-corrected chi connectivity index (χ1v) is 19.5. The average molecular weight is 717 g/mol. The van der Waals surface area contributed by atoms with Gasteiger partial charge in [-0.15, -0.1) is 11.3 Å². The summed E-state index contributed by atoms with van der Waals surface area (Å²) in [7, 11) is 0. The fourth-order valence-electron chi connectivity index (χ4n) is 8.23. The lowest BCUT2D eigenvalue weighted by Gasteiger charge is -2.16. The van der Waals surface area contributed by atoms with Crippen LogP contribution in [0.25, 0.3) is 109 Å². The number of thiophene rings is 1. The quantitative estimate of drug-likeness (QED) is 0.131. The highest BCUT2D eigenvalue weighted by atomic mass is 32.1. The van der Waals surface area contributed by atoms with E-state index in [1.807, 2.05) is 11.3 Å². The van der Waals surface area contributed by atoms with Crippen molar-refractivity contribution in [2.24, 2.45) is 0 Å². The molecule has 0 saturated heterocycles. The molecule has 0 aliphatic carbocycles. The highest BCUT2D eigenvalue weighted by Crippen LogP contribution is 2.42. The molecule has 55 heavy (non-hydrogen) atoms. The molecule has 0 radical (unpaired) electrons. The molecule has 3 heteroatoms. The maximum absolute atomic E-state index is 5.44. The molecule has 0 atom stereocenters. The van der Waals surface area contributed by atoms with Gasteiger partial charge in [0.05, 0.1) is 11.4 Å². The van der Waals surface area contributed by atoms with Crippen molar-refractivity contribution >= 4 is 63.8 Å². The zero-order chi connectivity index (χ0) is 36.3. The van der Waals surface area contributed by atoms with E-state index < -0.39 is 0 Å². The zero-order valence-electron chi connectivity index (χ0n) is 29.8. The van der Waals surface area contributed by atoms with Crippen molar-refractivity contribution in [3.05, 3.63) is 194 Å². The third-order valence-electron chi connectivity index (χ3n) is 10.9. The SMILES string of the molecule is c1ccc(-c2ccc(-c3nc(-c4ccccc4-c4ccc5c(c4)sc4ccccc45)cc(-c4c5ccccc5cc5c4ccc4ccccc45)n3)cc2)cc1. The van der Waals surface area contributed by atoms with Gasteiger partial charge in [0.25, 0.3) is 0 Å². The van der Waals surface area contributed by atoms with E-state index in [4.69, 9.17) is 9.97 Å². The van der Waals surface area contributed by atoms with Gasteiger partial charge in [0.1, 0.15) is 0 Å². The van der Waals surface area contributed by atoms with Crippen molar-refractivity contribution in [2.75, 3.05) is 0 Å². The molecule has 11 aromatic rings. The van der Waals surface area contributed by atoms with E-state index in [2.05, 4.69) is 194 Å². The van der Waals surface area contributed by atoms with Crippen LogP contribution in [0.2, 0.25) is 0 Å².